The van der Waals surface area contributed by atoms with Crippen molar-refractivity contribution in [2.45, 2.75) is 12.8 Å². The Labute approximate surface area is 144 Å². The van der Waals surface area contributed by atoms with Crippen LogP contribution in [0.2, 0.25) is 0 Å². The lowest BCUT2D eigenvalue weighted by Gasteiger charge is -2.07. The topological polar surface area (TPSA) is 76.2 Å². The van der Waals surface area contributed by atoms with Crippen molar-refractivity contribution in [2.75, 3.05) is 12.1 Å². The van der Waals surface area contributed by atoms with Gasteiger partial charge in [0.25, 0.3) is 0 Å². The molecule has 2 N–H and O–H groups in total. The molecule has 126 valence electrons. The van der Waals surface area contributed by atoms with Crippen molar-refractivity contribution in [3.05, 3.63) is 60.3 Å². The van der Waals surface area contributed by atoms with E-state index in [-0.39, 0.29) is 12.7 Å². The number of benzene rings is 2. The van der Waals surface area contributed by atoms with Gasteiger partial charge >= 0.3 is 0 Å². The van der Waals surface area contributed by atoms with Gasteiger partial charge in [0.15, 0.2) is 11.5 Å². The molecule has 0 radical (unpaired) electrons. The molecule has 2 aromatic carbocycles. The van der Waals surface area contributed by atoms with Crippen molar-refractivity contribution in [3.8, 4) is 22.8 Å². The molecular weight excluding hydrogens is 318 g/mol. The lowest BCUT2D eigenvalue weighted by atomic mass is 10.1. The van der Waals surface area contributed by atoms with Crippen LogP contribution in [0.5, 0.6) is 11.5 Å². The summed E-state index contributed by atoms with van der Waals surface area (Å²) in [6.07, 6.45) is 2.74. The van der Waals surface area contributed by atoms with Gasteiger partial charge in [0.2, 0.25) is 12.7 Å². The van der Waals surface area contributed by atoms with Crippen molar-refractivity contribution in [1.29, 1.82) is 0 Å². The molecule has 25 heavy (non-hydrogen) atoms. The number of rotatable bonds is 5. The van der Waals surface area contributed by atoms with Gasteiger partial charge in [0.1, 0.15) is 0 Å². The van der Waals surface area contributed by atoms with E-state index < -0.39 is 0 Å². The molecule has 0 spiro atoms. The predicted molar refractivity (Wildman–Crippen MR) is 93.5 cm³/mol. The molecule has 3 aromatic rings. The number of anilines is 1. The number of ether oxygens (including phenoxy) is 2. The molecule has 6 heteroatoms. The van der Waals surface area contributed by atoms with Gasteiger partial charge in [-0.05, 0) is 42.3 Å². The lowest BCUT2D eigenvalue weighted by Crippen LogP contribution is -2.12. The van der Waals surface area contributed by atoms with Crippen LogP contribution in [0.1, 0.15) is 12.0 Å². The fourth-order valence-corrected chi connectivity index (χ4v) is 2.76. The van der Waals surface area contributed by atoms with Gasteiger partial charge in [-0.3, -0.25) is 9.89 Å². The number of carbonyl (C=O) groups excluding carboxylic acids is 1. The number of hydrogen-bond donors (Lipinski definition) is 2. The molecule has 0 saturated carbocycles. The van der Waals surface area contributed by atoms with Gasteiger partial charge in [0, 0.05) is 23.9 Å². The molecule has 0 fully saturated rings. The number of amides is 1. The maximum Gasteiger partial charge on any atom is 0.231 e. The summed E-state index contributed by atoms with van der Waals surface area (Å²) in [4.78, 5) is 12.2. The standard InChI is InChI=1S/C19H17N3O3/c23-19(7-5-13-4-6-17-18(10-13)25-12-24-17)21-15-3-1-2-14(11-15)16-8-9-20-22-16/h1-4,6,8-11H,5,7,12H2,(H,20,22)(H,21,23). The SMILES string of the molecule is O=C(CCc1ccc2c(c1)OCO2)Nc1cccc(-c2ccn[nH]2)c1. The van der Waals surface area contributed by atoms with Gasteiger partial charge in [-0.15, -0.1) is 0 Å². The summed E-state index contributed by atoms with van der Waals surface area (Å²) < 4.78 is 10.7. The lowest BCUT2D eigenvalue weighted by molar-refractivity contribution is -0.116. The van der Waals surface area contributed by atoms with Gasteiger partial charge < -0.3 is 14.8 Å². The van der Waals surface area contributed by atoms with E-state index in [0.717, 1.165) is 34.0 Å². The molecule has 1 aromatic heterocycles. The number of aryl methyl sites for hydroxylation is 1. The maximum atomic E-state index is 12.2. The Morgan fingerprint density at radius 3 is 2.92 bits per heavy atom. The third-order valence-corrected chi connectivity index (χ3v) is 4.04. The Balaban J connectivity index is 1.37. The van der Waals surface area contributed by atoms with Crippen molar-refractivity contribution in [1.82, 2.24) is 10.2 Å². The molecule has 0 atom stereocenters. The zero-order valence-corrected chi connectivity index (χ0v) is 13.5. The summed E-state index contributed by atoms with van der Waals surface area (Å²) in [5.74, 6) is 1.47. The minimum Gasteiger partial charge on any atom is -0.454 e. The van der Waals surface area contributed by atoms with E-state index in [1.54, 1.807) is 6.20 Å². The highest BCUT2D eigenvalue weighted by Crippen LogP contribution is 2.32. The highest BCUT2D eigenvalue weighted by molar-refractivity contribution is 5.91. The Morgan fingerprint density at radius 2 is 2.04 bits per heavy atom. The van der Waals surface area contributed by atoms with E-state index in [9.17, 15) is 4.79 Å². The fraction of sp³-hybridized carbons (Fsp3) is 0.158. The first-order valence-corrected chi connectivity index (χ1v) is 8.06. The van der Waals surface area contributed by atoms with Crippen LogP contribution in [0, 0.1) is 0 Å². The number of nitrogens with zero attached hydrogens (tertiary/aromatic N) is 1. The summed E-state index contributed by atoms with van der Waals surface area (Å²) in [6, 6.07) is 15.3. The second kappa shape index (κ2) is 6.68. The number of carbonyl (C=O) groups is 1. The Morgan fingerprint density at radius 1 is 1.12 bits per heavy atom. The summed E-state index contributed by atoms with van der Waals surface area (Å²) in [6.45, 7) is 0.256. The molecule has 2 heterocycles. The first-order chi connectivity index (χ1) is 12.3. The molecule has 0 bridgehead atoms. The molecule has 6 nitrogen and oxygen atoms in total. The monoisotopic (exact) mass is 335 g/mol. The first-order valence-electron chi connectivity index (χ1n) is 8.06. The summed E-state index contributed by atoms with van der Waals surface area (Å²) in [5.41, 5.74) is 3.70. The highest BCUT2D eigenvalue weighted by atomic mass is 16.7. The number of H-pyrrole nitrogens is 1. The second-order valence-corrected chi connectivity index (χ2v) is 5.79. The average molecular weight is 335 g/mol. The highest BCUT2D eigenvalue weighted by Gasteiger charge is 2.13. The van der Waals surface area contributed by atoms with Crippen molar-refractivity contribution >= 4 is 11.6 Å². The van der Waals surface area contributed by atoms with E-state index in [0.29, 0.717) is 12.8 Å². The molecular formula is C19H17N3O3. The molecule has 4 rings (SSSR count). The zero-order chi connectivity index (χ0) is 17.1. The number of aromatic amines is 1. The van der Waals surface area contributed by atoms with Crippen molar-refractivity contribution in [3.63, 3.8) is 0 Å². The van der Waals surface area contributed by atoms with Crippen LogP contribution >= 0.6 is 0 Å². The largest absolute Gasteiger partial charge is 0.454 e. The summed E-state index contributed by atoms with van der Waals surface area (Å²) in [7, 11) is 0. The molecule has 0 unspecified atom stereocenters. The third-order valence-electron chi connectivity index (χ3n) is 4.04. The zero-order valence-electron chi connectivity index (χ0n) is 13.5. The van der Waals surface area contributed by atoms with Gasteiger partial charge in [-0.2, -0.15) is 5.10 Å². The number of fused-ring (bicyclic) bond motifs is 1. The molecule has 1 aliphatic rings. The van der Waals surface area contributed by atoms with E-state index in [2.05, 4.69) is 15.5 Å². The van der Waals surface area contributed by atoms with Crippen LogP contribution in [0.15, 0.2) is 54.7 Å². The van der Waals surface area contributed by atoms with Crippen LogP contribution in [-0.4, -0.2) is 22.9 Å². The van der Waals surface area contributed by atoms with Crippen LogP contribution in [0.25, 0.3) is 11.3 Å². The van der Waals surface area contributed by atoms with Crippen LogP contribution in [0.3, 0.4) is 0 Å². The number of aromatic nitrogens is 2. The Hall–Kier alpha value is -3.28. The summed E-state index contributed by atoms with van der Waals surface area (Å²) >= 11 is 0. The molecule has 0 saturated heterocycles. The maximum absolute atomic E-state index is 12.2. The minimum atomic E-state index is -0.0283. The van der Waals surface area contributed by atoms with Crippen LogP contribution in [-0.2, 0) is 11.2 Å². The molecule has 1 amide bonds. The van der Waals surface area contributed by atoms with E-state index in [1.165, 1.54) is 0 Å². The van der Waals surface area contributed by atoms with Gasteiger partial charge in [-0.25, -0.2) is 0 Å². The van der Waals surface area contributed by atoms with Crippen LogP contribution < -0.4 is 14.8 Å². The molecule has 0 aliphatic carbocycles. The van der Waals surface area contributed by atoms with Gasteiger partial charge in [0.05, 0.1) is 5.69 Å². The normalized spacial score (nSPS) is 12.2. The van der Waals surface area contributed by atoms with Crippen molar-refractivity contribution in [2.24, 2.45) is 0 Å². The van der Waals surface area contributed by atoms with E-state index in [1.807, 2.05) is 48.5 Å². The number of hydrogen-bond acceptors (Lipinski definition) is 4. The smallest absolute Gasteiger partial charge is 0.231 e. The summed E-state index contributed by atoms with van der Waals surface area (Å²) in [5, 5.41) is 9.80. The minimum absolute atomic E-state index is 0.0283. The quantitative estimate of drug-likeness (QED) is 0.749. The number of nitrogens with one attached hydrogen (secondary N) is 2. The fourth-order valence-electron chi connectivity index (χ4n) is 2.76. The van der Waals surface area contributed by atoms with Crippen molar-refractivity contribution < 1.29 is 14.3 Å². The van der Waals surface area contributed by atoms with E-state index in [4.69, 9.17) is 9.47 Å². The predicted octanol–water partition coefficient (Wildman–Crippen LogP) is 3.38. The molecule has 1 aliphatic heterocycles. The Kier molecular flexibility index (Phi) is 4.08. The van der Waals surface area contributed by atoms with E-state index >= 15 is 0 Å². The first kappa shape index (κ1) is 15.3. The van der Waals surface area contributed by atoms with Crippen LogP contribution in [0.4, 0.5) is 5.69 Å². The van der Waals surface area contributed by atoms with Gasteiger partial charge in [-0.1, -0.05) is 18.2 Å². The second-order valence-electron chi connectivity index (χ2n) is 5.79. The average Bonchev–Trinajstić information content (AvgIpc) is 3.31. The third kappa shape index (κ3) is 3.47. The Bertz CT molecular complexity index is 891.